The van der Waals surface area contributed by atoms with Crippen molar-refractivity contribution in [2.75, 3.05) is 31.7 Å². The highest BCUT2D eigenvalue weighted by Gasteiger charge is 2.04. The molecule has 0 spiro atoms. The largest absolute Gasteiger partial charge is 0.394 e. The van der Waals surface area contributed by atoms with Gasteiger partial charge in [-0.2, -0.15) is 5.26 Å². The molecule has 1 heterocycles. The summed E-state index contributed by atoms with van der Waals surface area (Å²) in [4.78, 5) is 4.09. The molecular formula is C11H15N3O2. The number of nitriles is 1. The maximum atomic E-state index is 8.95. The van der Waals surface area contributed by atoms with Crippen LogP contribution in [0.5, 0.6) is 0 Å². The molecule has 1 rings (SSSR count). The molecule has 1 aromatic rings. The molecule has 0 saturated carbocycles. The number of aromatic nitrogens is 1. The minimum absolute atomic E-state index is 0.0200. The SMILES string of the molecule is Cc1ccnc(NCCOCCO)c1C#N. The van der Waals surface area contributed by atoms with Crippen molar-refractivity contribution in [2.45, 2.75) is 6.92 Å². The van der Waals surface area contributed by atoms with Crippen LogP contribution in [-0.4, -0.2) is 36.5 Å². The third-order valence-corrected chi connectivity index (χ3v) is 2.05. The summed E-state index contributed by atoms with van der Waals surface area (Å²) >= 11 is 0. The molecule has 0 atom stereocenters. The van der Waals surface area contributed by atoms with Crippen LogP contribution in [-0.2, 0) is 4.74 Å². The maximum absolute atomic E-state index is 8.95. The Kier molecular flexibility index (Phi) is 5.26. The van der Waals surface area contributed by atoms with Gasteiger partial charge in [-0.1, -0.05) is 0 Å². The standard InChI is InChI=1S/C11H15N3O2/c1-9-2-3-13-11(10(9)8-12)14-4-6-16-7-5-15/h2-3,15H,4-7H2,1H3,(H,13,14). The monoisotopic (exact) mass is 221 g/mol. The Labute approximate surface area is 94.7 Å². The van der Waals surface area contributed by atoms with Crippen LogP contribution < -0.4 is 5.32 Å². The van der Waals surface area contributed by atoms with E-state index in [2.05, 4.69) is 16.4 Å². The lowest BCUT2D eigenvalue weighted by molar-refractivity contribution is 0.0992. The molecule has 16 heavy (non-hydrogen) atoms. The summed E-state index contributed by atoms with van der Waals surface area (Å²) in [5, 5.41) is 20.5. The fourth-order valence-electron chi connectivity index (χ4n) is 1.24. The molecule has 0 aromatic carbocycles. The van der Waals surface area contributed by atoms with Gasteiger partial charge in [0.1, 0.15) is 11.9 Å². The fourth-order valence-corrected chi connectivity index (χ4v) is 1.24. The summed E-state index contributed by atoms with van der Waals surface area (Å²) in [7, 11) is 0. The molecule has 0 aliphatic carbocycles. The van der Waals surface area contributed by atoms with Gasteiger partial charge in [0.2, 0.25) is 0 Å². The molecule has 0 unspecified atom stereocenters. The molecule has 86 valence electrons. The van der Waals surface area contributed by atoms with Gasteiger partial charge in [0.15, 0.2) is 0 Å². The van der Waals surface area contributed by atoms with E-state index in [1.54, 1.807) is 12.3 Å². The van der Waals surface area contributed by atoms with Crippen LogP contribution in [0.25, 0.3) is 0 Å². The number of anilines is 1. The molecule has 5 nitrogen and oxygen atoms in total. The van der Waals surface area contributed by atoms with Crippen molar-refractivity contribution in [3.8, 4) is 6.07 Å². The third-order valence-electron chi connectivity index (χ3n) is 2.05. The topological polar surface area (TPSA) is 78.2 Å². The maximum Gasteiger partial charge on any atom is 0.144 e. The zero-order valence-electron chi connectivity index (χ0n) is 9.23. The molecule has 0 fully saturated rings. The molecule has 5 heteroatoms. The minimum Gasteiger partial charge on any atom is -0.394 e. The van der Waals surface area contributed by atoms with E-state index in [9.17, 15) is 0 Å². The van der Waals surface area contributed by atoms with Crippen LogP contribution in [0.2, 0.25) is 0 Å². The van der Waals surface area contributed by atoms with Gasteiger partial charge < -0.3 is 15.2 Å². The van der Waals surface area contributed by atoms with Crippen molar-refractivity contribution in [3.05, 3.63) is 23.4 Å². The van der Waals surface area contributed by atoms with Gasteiger partial charge in [0, 0.05) is 12.7 Å². The van der Waals surface area contributed by atoms with E-state index in [4.69, 9.17) is 15.1 Å². The summed E-state index contributed by atoms with van der Waals surface area (Å²) in [5.41, 5.74) is 1.46. The number of aryl methyl sites for hydroxylation is 1. The molecule has 0 aliphatic rings. The molecule has 1 aromatic heterocycles. The van der Waals surface area contributed by atoms with Crippen molar-refractivity contribution < 1.29 is 9.84 Å². The zero-order valence-corrected chi connectivity index (χ0v) is 9.23. The predicted octanol–water partition coefficient (Wildman–Crippen LogP) is 0.683. The Hall–Kier alpha value is -1.64. The Morgan fingerprint density at radius 1 is 1.56 bits per heavy atom. The third kappa shape index (κ3) is 3.50. The summed E-state index contributed by atoms with van der Waals surface area (Å²) in [5.74, 6) is 0.579. The highest BCUT2D eigenvalue weighted by atomic mass is 16.5. The molecular weight excluding hydrogens is 206 g/mol. The van der Waals surface area contributed by atoms with Crippen LogP contribution in [0.1, 0.15) is 11.1 Å². The van der Waals surface area contributed by atoms with E-state index in [1.165, 1.54) is 0 Å². The fraction of sp³-hybridized carbons (Fsp3) is 0.455. The smallest absolute Gasteiger partial charge is 0.144 e. The number of hydrogen-bond donors (Lipinski definition) is 2. The summed E-state index contributed by atoms with van der Waals surface area (Å²) < 4.78 is 5.09. The number of aliphatic hydroxyl groups excluding tert-OH is 1. The summed E-state index contributed by atoms with van der Waals surface area (Å²) in [6, 6.07) is 3.91. The predicted molar refractivity (Wildman–Crippen MR) is 60.1 cm³/mol. The Morgan fingerprint density at radius 2 is 2.38 bits per heavy atom. The first-order chi connectivity index (χ1) is 7.79. The number of aliphatic hydroxyl groups is 1. The molecule has 0 bridgehead atoms. The normalized spacial score (nSPS) is 9.81. The molecule has 0 radical (unpaired) electrons. The Morgan fingerprint density at radius 3 is 3.06 bits per heavy atom. The van der Waals surface area contributed by atoms with Gasteiger partial charge in [0.05, 0.1) is 25.4 Å². The quantitative estimate of drug-likeness (QED) is 0.691. The summed E-state index contributed by atoms with van der Waals surface area (Å²) in [6.45, 7) is 3.25. The first kappa shape index (κ1) is 12.4. The average Bonchev–Trinajstić information content (AvgIpc) is 2.29. The molecule has 0 aliphatic heterocycles. The van der Waals surface area contributed by atoms with Crippen LogP contribution in [0.15, 0.2) is 12.3 Å². The van der Waals surface area contributed by atoms with Gasteiger partial charge in [-0.15, -0.1) is 0 Å². The van der Waals surface area contributed by atoms with E-state index in [0.717, 1.165) is 5.56 Å². The van der Waals surface area contributed by atoms with E-state index in [0.29, 0.717) is 31.1 Å². The second-order valence-corrected chi connectivity index (χ2v) is 3.23. The number of ether oxygens (including phenoxy) is 1. The van der Waals surface area contributed by atoms with Crippen LogP contribution in [0.4, 0.5) is 5.82 Å². The Balaban J connectivity index is 2.48. The van der Waals surface area contributed by atoms with Crippen molar-refractivity contribution in [2.24, 2.45) is 0 Å². The Bertz CT molecular complexity index is 374. The number of nitrogens with one attached hydrogen (secondary N) is 1. The van der Waals surface area contributed by atoms with Crippen molar-refractivity contribution in [1.29, 1.82) is 5.26 Å². The van der Waals surface area contributed by atoms with Gasteiger partial charge >= 0.3 is 0 Å². The van der Waals surface area contributed by atoms with Crippen molar-refractivity contribution in [3.63, 3.8) is 0 Å². The van der Waals surface area contributed by atoms with Gasteiger partial charge in [-0.3, -0.25) is 0 Å². The van der Waals surface area contributed by atoms with E-state index in [1.807, 2.05) is 6.92 Å². The lowest BCUT2D eigenvalue weighted by atomic mass is 10.1. The van der Waals surface area contributed by atoms with Crippen LogP contribution >= 0.6 is 0 Å². The highest BCUT2D eigenvalue weighted by Crippen LogP contribution is 2.14. The lowest BCUT2D eigenvalue weighted by Gasteiger charge is -2.08. The van der Waals surface area contributed by atoms with Crippen LogP contribution in [0.3, 0.4) is 0 Å². The van der Waals surface area contributed by atoms with E-state index < -0.39 is 0 Å². The first-order valence-electron chi connectivity index (χ1n) is 5.07. The zero-order chi connectivity index (χ0) is 11.8. The highest BCUT2D eigenvalue weighted by molar-refractivity contribution is 5.55. The molecule has 2 N–H and O–H groups in total. The second-order valence-electron chi connectivity index (χ2n) is 3.23. The second kappa shape index (κ2) is 6.77. The number of hydrogen-bond acceptors (Lipinski definition) is 5. The van der Waals surface area contributed by atoms with E-state index >= 15 is 0 Å². The van der Waals surface area contributed by atoms with Crippen molar-refractivity contribution in [1.82, 2.24) is 4.98 Å². The number of nitrogens with zero attached hydrogens (tertiary/aromatic N) is 2. The van der Waals surface area contributed by atoms with Crippen molar-refractivity contribution >= 4 is 5.82 Å². The lowest BCUT2D eigenvalue weighted by Crippen LogP contribution is -2.13. The van der Waals surface area contributed by atoms with Crippen LogP contribution in [0, 0.1) is 18.3 Å². The first-order valence-corrected chi connectivity index (χ1v) is 5.07. The average molecular weight is 221 g/mol. The number of pyridine rings is 1. The number of rotatable bonds is 6. The van der Waals surface area contributed by atoms with Gasteiger partial charge in [0.25, 0.3) is 0 Å². The van der Waals surface area contributed by atoms with E-state index in [-0.39, 0.29) is 6.61 Å². The molecule has 0 saturated heterocycles. The minimum atomic E-state index is 0.0200. The summed E-state index contributed by atoms with van der Waals surface area (Å²) in [6.07, 6.45) is 1.66. The van der Waals surface area contributed by atoms with Gasteiger partial charge in [-0.05, 0) is 18.6 Å². The van der Waals surface area contributed by atoms with Gasteiger partial charge in [-0.25, -0.2) is 4.98 Å². The molecule has 0 amide bonds.